The van der Waals surface area contributed by atoms with E-state index in [0.717, 1.165) is 11.1 Å². The quantitative estimate of drug-likeness (QED) is 0.550. The Morgan fingerprint density at radius 2 is 1.43 bits per heavy atom. The molecule has 0 fully saturated rings. The van der Waals surface area contributed by atoms with E-state index < -0.39 is 0 Å². The van der Waals surface area contributed by atoms with E-state index in [1.54, 1.807) is 7.11 Å². The van der Waals surface area contributed by atoms with E-state index >= 15 is 0 Å². The molecule has 0 aromatic heterocycles. The molecule has 3 rings (SSSR count). The zero-order valence-corrected chi connectivity index (χ0v) is 17.3. The van der Waals surface area contributed by atoms with Crippen molar-refractivity contribution >= 4 is 17.2 Å². The number of methoxy groups -OCH3 is 1. The van der Waals surface area contributed by atoms with Crippen molar-refractivity contribution in [3.05, 3.63) is 94.5 Å². The molecule has 0 heterocycles. The average Bonchev–Trinajstić information content (AvgIpc) is 2.72. The first kappa shape index (κ1) is 19.9. The van der Waals surface area contributed by atoms with E-state index in [9.17, 15) is 0 Å². The smallest absolute Gasteiger partial charge is 0.161 e. The molecule has 0 aliphatic rings. The van der Waals surface area contributed by atoms with Gasteiger partial charge in [-0.15, -0.1) is 0 Å². The summed E-state index contributed by atoms with van der Waals surface area (Å²) in [5, 5.41) is 3.30. The number of hydrogen-bond donors (Lipinski definition) is 1. The normalized spacial score (nSPS) is 10.4. The fourth-order valence-electron chi connectivity index (χ4n) is 2.76. The molecule has 3 nitrogen and oxygen atoms in total. The first-order valence-corrected chi connectivity index (χ1v) is 9.66. The third-order valence-electron chi connectivity index (χ3n) is 4.51. The molecule has 0 radical (unpaired) electrons. The van der Waals surface area contributed by atoms with Gasteiger partial charge in [-0.2, -0.15) is 0 Å². The molecule has 1 N–H and O–H groups in total. The molecule has 0 aliphatic heterocycles. The summed E-state index contributed by atoms with van der Waals surface area (Å²) >= 11 is 5.54. The van der Waals surface area contributed by atoms with Crippen molar-refractivity contribution in [1.29, 1.82) is 0 Å². The number of aryl methyl sites for hydroxylation is 2. The summed E-state index contributed by atoms with van der Waals surface area (Å²) in [6, 6.07) is 22.5. The SMILES string of the molecule is COc1cc(C(=S)NCc2ccc(C)cc2)ccc1OCc1ccc(C)cc1. The molecule has 0 atom stereocenters. The van der Waals surface area contributed by atoms with Crippen LogP contribution in [-0.4, -0.2) is 12.1 Å². The Bertz CT molecular complexity index is 934. The Labute approximate surface area is 172 Å². The third kappa shape index (κ3) is 5.33. The van der Waals surface area contributed by atoms with Gasteiger partial charge in [-0.1, -0.05) is 71.9 Å². The molecule has 0 amide bonds. The van der Waals surface area contributed by atoms with Crippen LogP contribution in [0.25, 0.3) is 0 Å². The van der Waals surface area contributed by atoms with Crippen LogP contribution in [-0.2, 0) is 13.2 Å². The second kappa shape index (κ2) is 9.38. The Hall–Kier alpha value is -2.85. The maximum atomic E-state index is 5.94. The molecule has 0 saturated heterocycles. The maximum Gasteiger partial charge on any atom is 0.161 e. The van der Waals surface area contributed by atoms with E-state index in [0.29, 0.717) is 29.6 Å². The van der Waals surface area contributed by atoms with Gasteiger partial charge >= 0.3 is 0 Å². The van der Waals surface area contributed by atoms with Crippen LogP contribution in [0, 0.1) is 13.8 Å². The van der Waals surface area contributed by atoms with Crippen LogP contribution in [0.4, 0.5) is 0 Å². The van der Waals surface area contributed by atoms with Gasteiger partial charge in [0.15, 0.2) is 11.5 Å². The predicted octanol–water partition coefficient (Wildman–Crippen LogP) is 5.36. The van der Waals surface area contributed by atoms with Crippen molar-refractivity contribution in [2.24, 2.45) is 0 Å². The summed E-state index contributed by atoms with van der Waals surface area (Å²) in [7, 11) is 1.64. The van der Waals surface area contributed by atoms with Gasteiger partial charge in [0.2, 0.25) is 0 Å². The number of rotatable bonds is 7. The van der Waals surface area contributed by atoms with Gasteiger partial charge in [0.05, 0.1) is 7.11 Å². The number of hydrogen-bond acceptors (Lipinski definition) is 3. The molecule has 3 aromatic carbocycles. The molecule has 0 aliphatic carbocycles. The van der Waals surface area contributed by atoms with E-state index in [-0.39, 0.29) is 0 Å². The van der Waals surface area contributed by atoms with Crippen LogP contribution in [0.3, 0.4) is 0 Å². The van der Waals surface area contributed by atoms with Gasteiger partial charge in [0.25, 0.3) is 0 Å². The van der Waals surface area contributed by atoms with Crippen LogP contribution >= 0.6 is 12.2 Å². The summed E-state index contributed by atoms with van der Waals surface area (Å²) < 4.78 is 11.4. The van der Waals surface area contributed by atoms with Gasteiger partial charge in [-0.3, -0.25) is 0 Å². The van der Waals surface area contributed by atoms with Crippen molar-refractivity contribution in [2.45, 2.75) is 27.0 Å². The highest BCUT2D eigenvalue weighted by atomic mass is 32.1. The summed E-state index contributed by atoms with van der Waals surface area (Å²) in [6.45, 7) is 5.33. The lowest BCUT2D eigenvalue weighted by molar-refractivity contribution is 0.284. The maximum absolute atomic E-state index is 5.94. The lowest BCUT2D eigenvalue weighted by Gasteiger charge is -2.14. The first-order valence-electron chi connectivity index (χ1n) is 9.25. The van der Waals surface area contributed by atoms with Crippen LogP contribution < -0.4 is 14.8 Å². The molecule has 0 unspecified atom stereocenters. The fraction of sp³-hybridized carbons (Fsp3) is 0.208. The second-order valence-corrected chi connectivity index (χ2v) is 7.22. The summed E-state index contributed by atoms with van der Waals surface area (Å²) in [5.74, 6) is 1.37. The summed E-state index contributed by atoms with van der Waals surface area (Å²) in [6.07, 6.45) is 0. The molecular weight excluding hydrogens is 366 g/mol. The molecule has 3 aromatic rings. The third-order valence-corrected chi connectivity index (χ3v) is 4.89. The van der Waals surface area contributed by atoms with E-state index in [1.165, 1.54) is 16.7 Å². The van der Waals surface area contributed by atoms with Crippen molar-refractivity contribution < 1.29 is 9.47 Å². The standard InChI is InChI=1S/C24H25NO2S/c1-17-4-8-19(9-5-17)15-25-24(28)21-12-13-22(23(14-21)26-3)27-16-20-10-6-18(2)7-11-20/h4-14H,15-16H2,1-3H3,(H,25,28). The fourth-order valence-corrected chi connectivity index (χ4v) is 2.96. The Morgan fingerprint density at radius 3 is 2.04 bits per heavy atom. The molecule has 0 bridgehead atoms. The monoisotopic (exact) mass is 391 g/mol. The van der Waals surface area contributed by atoms with Gasteiger partial charge in [0.1, 0.15) is 11.6 Å². The average molecular weight is 392 g/mol. The largest absolute Gasteiger partial charge is 0.493 e. The number of ether oxygens (including phenoxy) is 2. The molecular formula is C24H25NO2S. The second-order valence-electron chi connectivity index (χ2n) is 6.81. The Kier molecular flexibility index (Phi) is 6.66. The van der Waals surface area contributed by atoms with Crippen LogP contribution in [0.15, 0.2) is 66.7 Å². The molecule has 144 valence electrons. The van der Waals surface area contributed by atoms with Crippen LogP contribution in [0.1, 0.15) is 27.8 Å². The lowest BCUT2D eigenvalue weighted by Crippen LogP contribution is -2.21. The number of nitrogens with one attached hydrogen (secondary N) is 1. The molecule has 28 heavy (non-hydrogen) atoms. The lowest BCUT2D eigenvalue weighted by atomic mass is 10.1. The minimum atomic E-state index is 0.492. The molecule has 0 saturated carbocycles. The number of thiocarbonyl (C=S) groups is 1. The van der Waals surface area contributed by atoms with Crippen molar-refractivity contribution in [2.75, 3.05) is 7.11 Å². The molecule has 0 spiro atoms. The van der Waals surface area contributed by atoms with E-state index in [4.69, 9.17) is 21.7 Å². The zero-order valence-electron chi connectivity index (χ0n) is 16.5. The summed E-state index contributed by atoms with van der Waals surface area (Å²) in [4.78, 5) is 0.684. The number of benzene rings is 3. The van der Waals surface area contributed by atoms with Crippen molar-refractivity contribution in [3.8, 4) is 11.5 Å². The highest BCUT2D eigenvalue weighted by Crippen LogP contribution is 2.29. The van der Waals surface area contributed by atoms with Crippen molar-refractivity contribution in [1.82, 2.24) is 5.32 Å². The highest BCUT2D eigenvalue weighted by molar-refractivity contribution is 7.80. The first-order chi connectivity index (χ1) is 13.5. The predicted molar refractivity (Wildman–Crippen MR) is 118 cm³/mol. The van der Waals surface area contributed by atoms with E-state index in [2.05, 4.69) is 67.7 Å². The van der Waals surface area contributed by atoms with Gasteiger partial charge in [-0.05, 0) is 43.2 Å². The zero-order chi connectivity index (χ0) is 19.9. The highest BCUT2D eigenvalue weighted by Gasteiger charge is 2.09. The van der Waals surface area contributed by atoms with Gasteiger partial charge in [-0.25, -0.2) is 0 Å². The topological polar surface area (TPSA) is 30.5 Å². The minimum absolute atomic E-state index is 0.492. The molecule has 4 heteroatoms. The minimum Gasteiger partial charge on any atom is -0.493 e. The van der Waals surface area contributed by atoms with Gasteiger partial charge in [0, 0.05) is 12.1 Å². The van der Waals surface area contributed by atoms with Crippen LogP contribution in [0.5, 0.6) is 11.5 Å². The summed E-state index contributed by atoms with van der Waals surface area (Å²) in [5.41, 5.74) is 5.70. The Balaban J connectivity index is 1.63. The van der Waals surface area contributed by atoms with Gasteiger partial charge < -0.3 is 14.8 Å². The van der Waals surface area contributed by atoms with Crippen molar-refractivity contribution in [3.63, 3.8) is 0 Å². The Morgan fingerprint density at radius 1 is 0.821 bits per heavy atom. The van der Waals surface area contributed by atoms with Crippen LogP contribution in [0.2, 0.25) is 0 Å². The van der Waals surface area contributed by atoms with E-state index in [1.807, 2.05) is 18.2 Å².